The highest BCUT2D eigenvalue weighted by Gasteiger charge is 2.26. The molecule has 1 aliphatic rings. The van der Waals surface area contributed by atoms with E-state index in [1.165, 1.54) is 16.6 Å². The summed E-state index contributed by atoms with van der Waals surface area (Å²) in [4.78, 5) is 34.2. The van der Waals surface area contributed by atoms with Gasteiger partial charge in [-0.25, -0.2) is 4.79 Å². The van der Waals surface area contributed by atoms with Gasteiger partial charge in [0.1, 0.15) is 0 Å². The number of nitrogens with one attached hydrogen (secondary N) is 1. The van der Waals surface area contributed by atoms with E-state index in [0.29, 0.717) is 23.8 Å². The molecule has 1 aliphatic heterocycles. The lowest BCUT2D eigenvalue weighted by atomic mass is 10.0. The zero-order chi connectivity index (χ0) is 19.1. The van der Waals surface area contributed by atoms with E-state index >= 15 is 0 Å². The first-order chi connectivity index (χ1) is 13.0. The zero-order valence-corrected chi connectivity index (χ0v) is 16.0. The van der Waals surface area contributed by atoms with Gasteiger partial charge in [-0.2, -0.15) is 4.98 Å². The number of fused-ring (bicyclic) bond motifs is 1. The molecule has 0 bridgehead atoms. The Morgan fingerprint density at radius 2 is 2.07 bits per heavy atom. The quantitative estimate of drug-likeness (QED) is 0.770. The van der Waals surface area contributed by atoms with Gasteiger partial charge in [-0.05, 0) is 38.7 Å². The standard InChI is InChI=1S/C20H25N5O2/c1-13-7-6-9-15(11-13)12-25-16-17(23(3)20(27)22-18(16)26)21-19(25)24-10-5-4-8-14(24)2/h6-7,9,11,14H,4-5,8,10,12H2,1-3H3,(H,22,26,27)/t14-/m0/s1. The first kappa shape index (κ1) is 17.6. The molecule has 0 amide bonds. The van der Waals surface area contributed by atoms with Crippen molar-refractivity contribution in [1.82, 2.24) is 19.1 Å². The second-order valence-corrected chi connectivity index (χ2v) is 7.52. The average Bonchev–Trinajstić information content (AvgIpc) is 3.00. The van der Waals surface area contributed by atoms with Crippen LogP contribution in [0.5, 0.6) is 0 Å². The molecule has 2 aromatic heterocycles. The van der Waals surface area contributed by atoms with Crippen LogP contribution in [-0.2, 0) is 13.6 Å². The maximum Gasteiger partial charge on any atom is 0.329 e. The molecule has 1 fully saturated rings. The monoisotopic (exact) mass is 367 g/mol. The highest BCUT2D eigenvalue weighted by atomic mass is 16.2. The van der Waals surface area contributed by atoms with Crippen LogP contribution >= 0.6 is 0 Å². The van der Waals surface area contributed by atoms with Crippen molar-refractivity contribution in [2.24, 2.45) is 7.05 Å². The summed E-state index contributed by atoms with van der Waals surface area (Å²) in [7, 11) is 1.65. The van der Waals surface area contributed by atoms with Crippen molar-refractivity contribution in [1.29, 1.82) is 0 Å². The Balaban J connectivity index is 1.95. The molecule has 0 saturated carbocycles. The molecule has 27 heavy (non-hydrogen) atoms. The van der Waals surface area contributed by atoms with Gasteiger partial charge in [0.05, 0.1) is 6.54 Å². The first-order valence-corrected chi connectivity index (χ1v) is 9.47. The number of rotatable bonds is 3. The third-order valence-corrected chi connectivity index (χ3v) is 5.47. The predicted molar refractivity (Wildman–Crippen MR) is 107 cm³/mol. The Bertz CT molecular complexity index is 1110. The molecule has 1 N–H and O–H groups in total. The van der Waals surface area contributed by atoms with Crippen LogP contribution in [-0.4, -0.2) is 31.7 Å². The molecule has 0 spiro atoms. The molecule has 0 unspecified atom stereocenters. The van der Waals surface area contributed by atoms with Gasteiger partial charge in [0, 0.05) is 19.6 Å². The summed E-state index contributed by atoms with van der Waals surface area (Å²) in [5.74, 6) is 0.769. The summed E-state index contributed by atoms with van der Waals surface area (Å²) in [6.45, 7) is 5.70. The topological polar surface area (TPSA) is 75.9 Å². The molecule has 142 valence electrons. The van der Waals surface area contributed by atoms with Gasteiger partial charge in [-0.1, -0.05) is 29.8 Å². The summed E-state index contributed by atoms with van der Waals surface area (Å²) in [6.07, 6.45) is 3.41. The first-order valence-electron chi connectivity index (χ1n) is 9.47. The van der Waals surface area contributed by atoms with E-state index < -0.39 is 5.69 Å². The van der Waals surface area contributed by atoms with Crippen LogP contribution < -0.4 is 16.1 Å². The van der Waals surface area contributed by atoms with Crippen LogP contribution in [0, 0.1) is 6.92 Å². The largest absolute Gasteiger partial charge is 0.339 e. The number of H-pyrrole nitrogens is 1. The number of aryl methyl sites for hydroxylation is 2. The maximum absolute atomic E-state index is 12.7. The SMILES string of the molecule is Cc1cccc(Cn2c(N3CCCC[C@@H]3C)nc3c2c(=O)[nH]c(=O)n3C)c1. The van der Waals surface area contributed by atoms with Crippen molar-refractivity contribution in [3.8, 4) is 0 Å². The van der Waals surface area contributed by atoms with Crippen LogP contribution in [0.4, 0.5) is 5.95 Å². The van der Waals surface area contributed by atoms with E-state index in [1.807, 2.05) is 10.6 Å². The number of imidazole rings is 1. The Morgan fingerprint density at radius 3 is 2.81 bits per heavy atom. The minimum absolute atomic E-state index is 0.350. The molecule has 1 atom stereocenters. The summed E-state index contributed by atoms with van der Waals surface area (Å²) in [6, 6.07) is 8.60. The van der Waals surface area contributed by atoms with E-state index in [0.717, 1.165) is 30.9 Å². The van der Waals surface area contributed by atoms with Gasteiger partial charge in [-0.3, -0.25) is 18.9 Å². The lowest BCUT2D eigenvalue weighted by Gasteiger charge is -2.34. The van der Waals surface area contributed by atoms with Gasteiger partial charge in [0.15, 0.2) is 11.2 Å². The van der Waals surface area contributed by atoms with Crippen molar-refractivity contribution >= 4 is 17.1 Å². The third-order valence-electron chi connectivity index (χ3n) is 5.47. The number of benzene rings is 1. The predicted octanol–water partition coefficient (Wildman–Crippen LogP) is 2.16. The summed E-state index contributed by atoms with van der Waals surface area (Å²) in [5, 5.41) is 0. The van der Waals surface area contributed by atoms with Gasteiger partial charge in [-0.15, -0.1) is 0 Å². The fourth-order valence-electron chi connectivity index (χ4n) is 3.98. The minimum atomic E-state index is -0.439. The molecule has 0 aliphatic carbocycles. The van der Waals surface area contributed by atoms with Crippen molar-refractivity contribution in [3.63, 3.8) is 0 Å². The van der Waals surface area contributed by atoms with Crippen molar-refractivity contribution in [2.75, 3.05) is 11.4 Å². The summed E-state index contributed by atoms with van der Waals surface area (Å²) >= 11 is 0. The molecular weight excluding hydrogens is 342 g/mol. The fourth-order valence-corrected chi connectivity index (χ4v) is 3.98. The Morgan fingerprint density at radius 1 is 1.26 bits per heavy atom. The van der Waals surface area contributed by atoms with E-state index in [2.05, 4.69) is 41.9 Å². The number of piperidine rings is 1. The fraction of sp³-hybridized carbons (Fsp3) is 0.450. The summed E-state index contributed by atoms with van der Waals surface area (Å²) in [5.41, 5.74) is 2.34. The van der Waals surface area contributed by atoms with E-state index in [4.69, 9.17) is 4.98 Å². The molecule has 3 heterocycles. The molecule has 3 aromatic rings. The second kappa shape index (κ2) is 6.72. The van der Waals surface area contributed by atoms with Crippen molar-refractivity contribution < 1.29 is 0 Å². The van der Waals surface area contributed by atoms with E-state index in [1.54, 1.807) is 7.05 Å². The van der Waals surface area contributed by atoms with Crippen LogP contribution in [0.25, 0.3) is 11.2 Å². The van der Waals surface area contributed by atoms with E-state index in [9.17, 15) is 9.59 Å². The van der Waals surface area contributed by atoms with Crippen molar-refractivity contribution in [3.05, 3.63) is 56.2 Å². The van der Waals surface area contributed by atoms with E-state index in [-0.39, 0.29) is 5.56 Å². The molecule has 0 radical (unpaired) electrons. The number of nitrogens with zero attached hydrogens (tertiary/aromatic N) is 4. The Labute approximate surface area is 157 Å². The number of hydrogen-bond acceptors (Lipinski definition) is 4. The van der Waals surface area contributed by atoms with Gasteiger partial charge in [0.25, 0.3) is 5.56 Å². The lowest BCUT2D eigenvalue weighted by Crippen LogP contribution is -2.39. The average molecular weight is 367 g/mol. The molecule has 7 heteroatoms. The smallest absolute Gasteiger partial charge is 0.329 e. The number of aromatic amines is 1. The highest BCUT2D eigenvalue weighted by molar-refractivity contribution is 5.74. The minimum Gasteiger partial charge on any atom is -0.339 e. The molecular formula is C20H25N5O2. The summed E-state index contributed by atoms with van der Waals surface area (Å²) < 4.78 is 3.38. The molecule has 7 nitrogen and oxygen atoms in total. The third kappa shape index (κ3) is 3.07. The molecule has 4 rings (SSSR count). The Hall–Kier alpha value is -2.83. The van der Waals surface area contributed by atoms with Crippen LogP contribution in [0.1, 0.15) is 37.3 Å². The van der Waals surface area contributed by atoms with Gasteiger partial charge >= 0.3 is 5.69 Å². The Kier molecular flexibility index (Phi) is 4.37. The number of anilines is 1. The van der Waals surface area contributed by atoms with Gasteiger partial charge < -0.3 is 4.90 Å². The van der Waals surface area contributed by atoms with Crippen molar-refractivity contribution in [2.45, 2.75) is 45.7 Å². The maximum atomic E-state index is 12.7. The van der Waals surface area contributed by atoms with Crippen LogP contribution in [0.3, 0.4) is 0 Å². The zero-order valence-electron chi connectivity index (χ0n) is 16.0. The normalized spacial score (nSPS) is 17.6. The lowest BCUT2D eigenvalue weighted by molar-refractivity contribution is 0.472. The van der Waals surface area contributed by atoms with Crippen LogP contribution in [0.15, 0.2) is 33.9 Å². The number of aromatic nitrogens is 4. The second-order valence-electron chi connectivity index (χ2n) is 7.52. The molecule has 1 saturated heterocycles. The van der Waals surface area contributed by atoms with Crippen LogP contribution in [0.2, 0.25) is 0 Å². The molecule has 1 aromatic carbocycles. The number of hydrogen-bond donors (Lipinski definition) is 1. The highest BCUT2D eigenvalue weighted by Crippen LogP contribution is 2.27. The van der Waals surface area contributed by atoms with Gasteiger partial charge in [0.2, 0.25) is 5.95 Å².